The number of ether oxygens (including phenoxy) is 3. The van der Waals surface area contributed by atoms with Gasteiger partial charge in [0.05, 0.1) is 20.3 Å². The fourth-order valence-corrected chi connectivity index (χ4v) is 3.95. The molecule has 1 saturated heterocycles. The maximum atomic E-state index is 6.10. The molecule has 156 valence electrons. The van der Waals surface area contributed by atoms with Crippen molar-refractivity contribution in [2.75, 3.05) is 40.4 Å². The van der Waals surface area contributed by atoms with E-state index in [0.29, 0.717) is 0 Å². The first kappa shape index (κ1) is 20.3. The molecule has 3 aromatic carbocycles. The normalized spacial score (nSPS) is 15.4. The molecule has 0 bridgehead atoms. The lowest BCUT2D eigenvalue weighted by molar-refractivity contribution is 0.198. The van der Waals surface area contributed by atoms with Gasteiger partial charge in [-0.1, -0.05) is 36.4 Å². The molecule has 5 heteroatoms. The van der Waals surface area contributed by atoms with Gasteiger partial charge in [-0.25, -0.2) is 0 Å². The minimum Gasteiger partial charge on any atom is -0.493 e. The summed E-state index contributed by atoms with van der Waals surface area (Å²) >= 11 is 0. The molecule has 0 saturated carbocycles. The smallest absolute Gasteiger partial charge is 0.161 e. The van der Waals surface area contributed by atoms with E-state index in [9.17, 15) is 0 Å². The number of methoxy groups -OCH3 is 2. The molecule has 1 aliphatic rings. The zero-order chi connectivity index (χ0) is 20.8. The minimum atomic E-state index is 0.103. The highest BCUT2D eigenvalue weighted by Gasteiger charge is 2.25. The number of nitrogens with one attached hydrogen (secondary N) is 1. The second-order valence-electron chi connectivity index (χ2n) is 7.29. The summed E-state index contributed by atoms with van der Waals surface area (Å²) in [6, 6.07) is 24.5. The van der Waals surface area contributed by atoms with Crippen LogP contribution in [0.15, 0.2) is 72.8 Å². The van der Waals surface area contributed by atoms with Crippen molar-refractivity contribution >= 4 is 0 Å². The Morgan fingerprint density at radius 3 is 2.17 bits per heavy atom. The van der Waals surface area contributed by atoms with Crippen molar-refractivity contribution in [3.63, 3.8) is 0 Å². The van der Waals surface area contributed by atoms with Gasteiger partial charge in [-0.3, -0.25) is 4.90 Å². The first-order valence-electron chi connectivity index (χ1n) is 10.3. The Morgan fingerprint density at radius 2 is 1.43 bits per heavy atom. The maximum absolute atomic E-state index is 6.10. The second kappa shape index (κ2) is 9.65. The van der Waals surface area contributed by atoms with Crippen molar-refractivity contribution in [3.05, 3.63) is 83.9 Å². The molecule has 5 nitrogen and oxygen atoms in total. The molecule has 1 aliphatic heterocycles. The molecule has 30 heavy (non-hydrogen) atoms. The van der Waals surface area contributed by atoms with Crippen molar-refractivity contribution < 1.29 is 14.2 Å². The van der Waals surface area contributed by atoms with Gasteiger partial charge in [0, 0.05) is 26.2 Å². The third-order valence-electron chi connectivity index (χ3n) is 5.39. The van der Waals surface area contributed by atoms with Crippen LogP contribution in [-0.4, -0.2) is 45.3 Å². The van der Waals surface area contributed by atoms with E-state index in [0.717, 1.165) is 49.2 Å². The minimum absolute atomic E-state index is 0.103. The monoisotopic (exact) mass is 404 g/mol. The summed E-state index contributed by atoms with van der Waals surface area (Å²) in [5, 5.41) is 3.45. The van der Waals surface area contributed by atoms with Crippen LogP contribution in [-0.2, 0) is 0 Å². The second-order valence-corrected chi connectivity index (χ2v) is 7.29. The van der Waals surface area contributed by atoms with Crippen molar-refractivity contribution in [3.8, 4) is 23.0 Å². The molecule has 1 fully saturated rings. The highest BCUT2D eigenvalue weighted by Crippen LogP contribution is 2.36. The summed E-state index contributed by atoms with van der Waals surface area (Å²) in [7, 11) is 3.34. The van der Waals surface area contributed by atoms with E-state index in [2.05, 4.69) is 40.5 Å². The maximum Gasteiger partial charge on any atom is 0.161 e. The molecule has 0 amide bonds. The summed E-state index contributed by atoms with van der Waals surface area (Å²) in [6.45, 7) is 3.90. The third kappa shape index (κ3) is 4.58. The zero-order valence-electron chi connectivity index (χ0n) is 17.5. The van der Waals surface area contributed by atoms with Crippen LogP contribution in [0.5, 0.6) is 23.0 Å². The standard InChI is InChI=1S/C25H28N2O3/c1-28-23-12-11-20(18-24(23)29-2)25(27-15-13-26-14-16-27)19-7-6-10-22(17-19)30-21-8-4-3-5-9-21/h3-12,17-18,25-26H,13-16H2,1-2H3. The van der Waals surface area contributed by atoms with Gasteiger partial charge in [0.1, 0.15) is 11.5 Å². The van der Waals surface area contributed by atoms with Gasteiger partial charge in [-0.2, -0.15) is 0 Å². The summed E-state index contributed by atoms with van der Waals surface area (Å²) in [5.41, 5.74) is 2.36. The topological polar surface area (TPSA) is 43.0 Å². The number of hydrogen-bond donors (Lipinski definition) is 1. The number of rotatable bonds is 7. The van der Waals surface area contributed by atoms with Crippen LogP contribution >= 0.6 is 0 Å². The van der Waals surface area contributed by atoms with Crippen LogP contribution in [0.25, 0.3) is 0 Å². The molecular weight excluding hydrogens is 376 g/mol. The molecule has 0 aromatic heterocycles. The van der Waals surface area contributed by atoms with Gasteiger partial charge < -0.3 is 19.5 Å². The van der Waals surface area contributed by atoms with Gasteiger partial charge in [0.15, 0.2) is 11.5 Å². The lowest BCUT2D eigenvalue weighted by Gasteiger charge is -2.36. The lowest BCUT2D eigenvalue weighted by Crippen LogP contribution is -2.45. The number of benzene rings is 3. The van der Waals surface area contributed by atoms with E-state index in [-0.39, 0.29) is 6.04 Å². The Hall–Kier alpha value is -3.02. The van der Waals surface area contributed by atoms with E-state index in [1.165, 1.54) is 11.1 Å². The van der Waals surface area contributed by atoms with Crippen LogP contribution in [0, 0.1) is 0 Å². The molecule has 3 aromatic rings. The van der Waals surface area contributed by atoms with E-state index in [1.807, 2.05) is 42.5 Å². The van der Waals surface area contributed by atoms with E-state index < -0.39 is 0 Å². The average molecular weight is 405 g/mol. The van der Waals surface area contributed by atoms with Crippen LogP contribution in [0.4, 0.5) is 0 Å². The quantitative estimate of drug-likeness (QED) is 0.628. The molecule has 0 spiro atoms. The molecule has 4 rings (SSSR count). The van der Waals surface area contributed by atoms with Gasteiger partial charge in [0.25, 0.3) is 0 Å². The summed E-state index contributed by atoms with van der Waals surface area (Å²) in [4.78, 5) is 2.50. The summed E-state index contributed by atoms with van der Waals surface area (Å²) in [6.07, 6.45) is 0. The number of nitrogens with zero attached hydrogens (tertiary/aromatic N) is 1. The predicted molar refractivity (Wildman–Crippen MR) is 119 cm³/mol. The summed E-state index contributed by atoms with van der Waals surface area (Å²) in [5.74, 6) is 3.15. The molecule has 0 radical (unpaired) electrons. The number of hydrogen-bond acceptors (Lipinski definition) is 5. The first-order chi connectivity index (χ1) is 14.8. The van der Waals surface area contributed by atoms with Crippen LogP contribution in [0.2, 0.25) is 0 Å². The van der Waals surface area contributed by atoms with Crippen molar-refractivity contribution in [2.45, 2.75) is 6.04 Å². The van der Waals surface area contributed by atoms with Gasteiger partial charge >= 0.3 is 0 Å². The lowest BCUT2D eigenvalue weighted by atomic mass is 9.95. The Kier molecular flexibility index (Phi) is 6.52. The summed E-state index contributed by atoms with van der Waals surface area (Å²) < 4.78 is 17.1. The average Bonchev–Trinajstić information content (AvgIpc) is 2.81. The van der Waals surface area contributed by atoms with Crippen LogP contribution in [0.3, 0.4) is 0 Å². The SMILES string of the molecule is COc1ccc(C(c2cccc(Oc3ccccc3)c2)N2CCNCC2)cc1OC. The highest BCUT2D eigenvalue weighted by atomic mass is 16.5. The Bertz CT molecular complexity index is 956. The first-order valence-corrected chi connectivity index (χ1v) is 10.3. The van der Waals surface area contributed by atoms with Crippen molar-refractivity contribution in [1.29, 1.82) is 0 Å². The largest absolute Gasteiger partial charge is 0.493 e. The van der Waals surface area contributed by atoms with Gasteiger partial charge in [-0.15, -0.1) is 0 Å². The van der Waals surface area contributed by atoms with E-state index in [4.69, 9.17) is 14.2 Å². The fraction of sp³-hybridized carbons (Fsp3) is 0.280. The van der Waals surface area contributed by atoms with E-state index in [1.54, 1.807) is 14.2 Å². The highest BCUT2D eigenvalue weighted by molar-refractivity contribution is 5.47. The molecule has 0 aliphatic carbocycles. The molecule has 1 atom stereocenters. The molecule has 1 unspecified atom stereocenters. The zero-order valence-corrected chi connectivity index (χ0v) is 17.5. The van der Waals surface area contributed by atoms with E-state index >= 15 is 0 Å². The van der Waals surface area contributed by atoms with Crippen LogP contribution in [0.1, 0.15) is 17.2 Å². The molecule has 1 N–H and O–H groups in total. The van der Waals surface area contributed by atoms with Gasteiger partial charge in [-0.05, 0) is 47.5 Å². The van der Waals surface area contributed by atoms with Crippen molar-refractivity contribution in [2.24, 2.45) is 0 Å². The molecular formula is C25H28N2O3. The fourth-order valence-electron chi connectivity index (χ4n) is 3.95. The van der Waals surface area contributed by atoms with Crippen LogP contribution < -0.4 is 19.5 Å². The van der Waals surface area contributed by atoms with Crippen molar-refractivity contribution in [1.82, 2.24) is 10.2 Å². The predicted octanol–water partition coefficient (Wildman–Crippen LogP) is 4.49. The Labute approximate surface area is 178 Å². The third-order valence-corrected chi connectivity index (χ3v) is 5.39. The number of para-hydroxylation sites is 1. The Morgan fingerprint density at radius 1 is 0.733 bits per heavy atom. The Balaban J connectivity index is 1.70. The van der Waals surface area contributed by atoms with Gasteiger partial charge in [0.2, 0.25) is 0 Å². The number of piperazine rings is 1. The molecule has 1 heterocycles.